The highest BCUT2D eigenvalue weighted by Crippen LogP contribution is 2.30. The Morgan fingerprint density at radius 1 is 1.53 bits per heavy atom. The number of nitrogen functional groups attached to an aromatic ring is 1. The lowest BCUT2D eigenvalue weighted by Crippen LogP contribution is -2.27. The van der Waals surface area contributed by atoms with Crippen LogP contribution in [-0.4, -0.2) is 23.1 Å². The van der Waals surface area contributed by atoms with Gasteiger partial charge in [0.25, 0.3) is 0 Å². The van der Waals surface area contributed by atoms with E-state index in [0.717, 1.165) is 29.6 Å². The molecule has 1 saturated carbocycles. The molecule has 1 fully saturated rings. The van der Waals surface area contributed by atoms with E-state index >= 15 is 0 Å². The van der Waals surface area contributed by atoms with Gasteiger partial charge in [-0.15, -0.1) is 0 Å². The van der Waals surface area contributed by atoms with E-state index in [0.29, 0.717) is 5.82 Å². The molecule has 0 amide bonds. The van der Waals surface area contributed by atoms with Crippen LogP contribution in [0.25, 0.3) is 0 Å². The van der Waals surface area contributed by atoms with E-state index in [1.54, 1.807) is 6.07 Å². The Bertz CT molecular complexity index is 331. The lowest BCUT2D eigenvalue weighted by Gasteiger charge is -2.20. The first kappa shape index (κ1) is 10.7. The summed E-state index contributed by atoms with van der Waals surface area (Å²) in [6.45, 7) is 4.08. The largest absolute Gasteiger partial charge is 0.383 e. The minimum absolute atomic E-state index is 0.515. The summed E-state index contributed by atoms with van der Waals surface area (Å²) in [7, 11) is 0. The van der Waals surface area contributed by atoms with Crippen molar-refractivity contribution in [2.75, 3.05) is 23.7 Å². The minimum atomic E-state index is 0.515. The molecule has 1 heterocycles. The van der Waals surface area contributed by atoms with Crippen LogP contribution in [0.5, 0.6) is 0 Å². The Morgan fingerprint density at radius 2 is 2.27 bits per heavy atom. The fourth-order valence-corrected chi connectivity index (χ4v) is 1.92. The molecule has 0 unspecified atom stereocenters. The van der Waals surface area contributed by atoms with Gasteiger partial charge >= 0.3 is 0 Å². The first-order chi connectivity index (χ1) is 7.19. The molecular formula is C10H15BrN4. The maximum Gasteiger partial charge on any atom is 0.228 e. The summed E-state index contributed by atoms with van der Waals surface area (Å²) in [5.74, 6) is 2.08. The number of aromatic nitrogens is 2. The zero-order chi connectivity index (χ0) is 10.8. The van der Waals surface area contributed by atoms with Crippen LogP contribution < -0.4 is 10.6 Å². The molecule has 0 aliphatic heterocycles. The number of hydrogen-bond acceptors (Lipinski definition) is 4. The number of nitrogens with two attached hydrogens (primary N) is 1. The molecule has 1 aliphatic carbocycles. The van der Waals surface area contributed by atoms with Crippen LogP contribution >= 0.6 is 15.9 Å². The van der Waals surface area contributed by atoms with Gasteiger partial charge in [0.05, 0.1) is 0 Å². The Balaban J connectivity index is 2.16. The number of hydrogen-bond donors (Lipinski definition) is 1. The molecule has 4 nitrogen and oxygen atoms in total. The van der Waals surface area contributed by atoms with Crippen molar-refractivity contribution in [2.45, 2.75) is 19.8 Å². The van der Waals surface area contributed by atoms with Crippen molar-refractivity contribution in [3.05, 3.63) is 10.7 Å². The van der Waals surface area contributed by atoms with Crippen LogP contribution in [0.4, 0.5) is 11.8 Å². The van der Waals surface area contributed by atoms with E-state index in [1.807, 2.05) is 0 Å². The van der Waals surface area contributed by atoms with E-state index in [1.165, 1.54) is 12.8 Å². The highest BCUT2D eigenvalue weighted by molar-refractivity contribution is 9.10. The molecule has 1 aliphatic rings. The number of halogens is 1. The van der Waals surface area contributed by atoms with Crippen molar-refractivity contribution < 1.29 is 0 Å². The molecule has 0 bridgehead atoms. The average Bonchev–Trinajstić information content (AvgIpc) is 2.96. The SMILES string of the molecule is CCN(CC1CC1)c1nc(N)cc(Br)n1. The van der Waals surface area contributed by atoms with E-state index in [-0.39, 0.29) is 0 Å². The van der Waals surface area contributed by atoms with E-state index in [4.69, 9.17) is 5.73 Å². The molecule has 0 saturated heterocycles. The van der Waals surface area contributed by atoms with Crippen molar-refractivity contribution in [1.82, 2.24) is 9.97 Å². The summed E-state index contributed by atoms with van der Waals surface area (Å²) in [5.41, 5.74) is 5.69. The van der Waals surface area contributed by atoms with Gasteiger partial charge in [-0.1, -0.05) is 0 Å². The van der Waals surface area contributed by atoms with Gasteiger partial charge in [-0.2, -0.15) is 4.98 Å². The highest BCUT2D eigenvalue weighted by atomic mass is 79.9. The van der Waals surface area contributed by atoms with Crippen LogP contribution in [-0.2, 0) is 0 Å². The van der Waals surface area contributed by atoms with Crippen molar-refractivity contribution in [2.24, 2.45) is 5.92 Å². The molecule has 82 valence electrons. The molecule has 15 heavy (non-hydrogen) atoms. The second-order valence-electron chi connectivity index (χ2n) is 3.90. The van der Waals surface area contributed by atoms with Gasteiger partial charge in [0, 0.05) is 19.2 Å². The topological polar surface area (TPSA) is 55.0 Å². The molecule has 2 rings (SSSR count). The smallest absolute Gasteiger partial charge is 0.228 e. The van der Waals surface area contributed by atoms with Crippen molar-refractivity contribution in [3.63, 3.8) is 0 Å². The van der Waals surface area contributed by atoms with E-state index < -0.39 is 0 Å². The number of anilines is 2. The quantitative estimate of drug-likeness (QED) is 0.852. The number of nitrogens with zero attached hydrogens (tertiary/aromatic N) is 3. The maximum absolute atomic E-state index is 5.69. The van der Waals surface area contributed by atoms with Gasteiger partial charge in [0.1, 0.15) is 10.4 Å². The Labute approximate surface area is 98.0 Å². The second-order valence-corrected chi connectivity index (χ2v) is 4.71. The molecule has 0 radical (unpaired) electrons. The molecule has 5 heteroatoms. The van der Waals surface area contributed by atoms with E-state index in [2.05, 4.69) is 37.7 Å². The molecular weight excluding hydrogens is 256 g/mol. The van der Waals surface area contributed by atoms with Crippen molar-refractivity contribution in [1.29, 1.82) is 0 Å². The fourth-order valence-electron chi connectivity index (χ4n) is 1.53. The van der Waals surface area contributed by atoms with Gasteiger partial charge in [-0.05, 0) is 41.6 Å². The predicted molar refractivity (Wildman–Crippen MR) is 64.8 cm³/mol. The zero-order valence-corrected chi connectivity index (χ0v) is 10.4. The standard InChI is InChI=1S/C10H15BrN4/c1-2-15(6-7-3-4-7)10-13-8(11)5-9(12)14-10/h5,7H,2-4,6H2,1H3,(H2,12,13,14). The molecule has 0 aromatic carbocycles. The summed E-state index contributed by atoms with van der Waals surface area (Å²) in [4.78, 5) is 10.8. The average molecular weight is 271 g/mol. The highest BCUT2D eigenvalue weighted by Gasteiger charge is 2.25. The fraction of sp³-hybridized carbons (Fsp3) is 0.600. The summed E-state index contributed by atoms with van der Waals surface area (Å²) in [6, 6.07) is 1.72. The summed E-state index contributed by atoms with van der Waals surface area (Å²) >= 11 is 3.33. The molecule has 0 spiro atoms. The first-order valence-corrected chi connectivity index (χ1v) is 6.03. The van der Waals surface area contributed by atoms with Gasteiger partial charge in [-0.25, -0.2) is 4.98 Å². The van der Waals surface area contributed by atoms with Crippen molar-refractivity contribution >= 4 is 27.7 Å². The Hall–Kier alpha value is -0.840. The van der Waals surface area contributed by atoms with Crippen LogP contribution in [0.3, 0.4) is 0 Å². The molecule has 1 aromatic heterocycles. The minimum Gasteiger partial charge on any atom is -0.383 e. The number of rotatable bonds is 4. The van der Waals surface area contributed by atoms with E-state index in [9.17, 15) is 0 Å². The summed E-state index contributed by atoms with van der Waals surface area (Å²) < 4.78 is 0.749. The Morgan fingerprint density at radius 3 is 2.80 bits per heavy atom. The third-order valence-corrected chi connectivity index (χ3v) is 2.95. The lowest BCUT2D eigenvalue weighted by molar-refractivity contribution is 0.719. The van der Waals surface area contributed by atoms with Gasteiger partial charge < -0.3 is 10.6 Å². The first-order valence-electron chi connectivity index (χ1n) is 5.24. The van der Waals surface area contributed by atoms with Crippen LogP contribution in [0, 0.1) is 5.92 Å². The monoisotopic (exact) mass is 270 g/mol. The van der Waals surface area contributed by atoms with Crippen LogP contribution in [0.15, 0.2) is 10.7 Å². The second kappa shape index (κ2) is 4.35. The summed E-state index contributed by atoms with van der Waals surface area (Å²) in [5, 5.41) is 0. The van der Waals surface area contributed by atoms with Crippen LogP contribution in [0.1, 0.15) is 19.8 Å². The zero-order valence-electron chi connectivity index (χ0n) is 8.78. The third kappa shape index (κ3) is 2.81. The van der Waals surface area contributed by atoms with Gasteiger partial charge in [-0.3, -0.25) is 0 Å². The maximum atomic E-state index is 5.69. The lowest BCUT2D eigenvalue weighted by atomic mass is 10.4. The molecule has 1 aromatic rings. The normalized spacial score (nSPS) is 15.3. The molecule has 2 N–H and O–H groups in total. The predicted octanol–water partition coefficient (Wildman–Crippen LogP) is 2.06. The van der Waals surface area contributed by atoms with Crippen LogP contribution in [0.2, 0.25) is 0 Å². The molecule has 0 atom stereocenters. The van der Waals surface area contributed by atoms with Crippen molar-refractivity contribution in [3.8, 4) is 0 Å². The van der Waals surface area contributed by atoms with Gasteiger partial charge in [0.15, 0.2) is 0 Å². The third-order valence-electron chi connectivity index (χ3n) is 2.54. The Kier molecular flexibility index (Phi) is 3.09. The van der Waals surface area contributed by atoms with Gasteiger partial charge in [0.2, 0.25) is 5.95 Å². The summed E-state index contributed by atoms with van der Waals surface area (Å²) in [6.07, 6.45) is 2.67.